The third kappa shape index (κ3) is 1.84. The number of methoxy groups -OCH3 is 1. The number of hydrogen-bond donors (Lipinski definition) is 1. The van der Waals surface area contributed by atoms with Gasteiger partial charge in [-0.15, -0.1) is 0 Å². The van der Waals surface area contributed by atoms with E-state index in [1.165, 1.54) is 0 Å². The number of carbonyl (C=O) groups excluding carboxylic acids is 2. The second kappa shape index (κ2) is 4.57. The van der Waals surface area contributed by atoms with Crippen LogP contribution in [0.2, 0.25) is 0 Å². The second-order valence-corrected chi connectivity index (χ2v) is 6.95. The number of Topliss-reactive ketones (excluding diaryl/α,β-unsaturated/α-hetero) is 1. The van der Waals surface area contributed by atoms with Crippen LogP contribution in [0.5, 0.6) is 5.75 Å². The van der Waals surface area contributed by atoms with E-state index in [4.69, 9.17) is 4.74 Å². The lowest BCUT2D eigenvalue weighted by Crippen LogP contribution is -2.45. The van der Waals surface area contributed by atoms with Gasteiger partial charge in [-0.05, 0) is 57.0 Å². The largest absolute Gasteiger partial charge is 0.504 e. The Labute approximate surface area is 135 Å². The van der Waals surface area contributed by atoms with E-state index in [9.17, 15) is 14.7 Å². The maximum absolute atomic E-state index is 12.7. The predicted molar refractivity (Wildman–Crippen MR) is 87.0 cm³/mol. The topological polar surface area (TPSA) is 63.6 Å². The van der Waals surface area contributed by atoms with Crippen LogP contribution in [-0.2, 0) is 10.2 Å². The summed E-state index contributed by atoms with van der Waals surface area (Å²) in [6.07, 6.45) is 3.31. The highest BCUT2D eigenvalue weighted by Crippen LogP contribution is 2.52. The van der Waals surface area contributed by atoms with Gasteiger partial charge in [0.25, 0.3) is 0 Å². The molecule has 23 heavy (non-hydrogen) atoms. The Balaban J connectivity index is 2.41. The summed E-state index contributed by atoms with van der Waals surface area (Å²) in [5, 5.41) is 10.6. The Morgan fingerprint density at radius 2 is 1.78 bits per heavy atom. The van der Waals surface area contributed by atoms with Gasteiger partial charge in [0.2, 0.25) is 5.78 Å². The number of hydrogen-bond acceptors (Lipinski definition) is 4. The molecule has 4 heteroatoms. The zero-order chi connectivity index (χ0) is 17.2. The van der Waals surface area contributed by atoms with Crippen LogP contribution in [0.25, 0.3) is 0 Å². The first-order valence-corrected chi connectivity index (χ1v) is 7.56. The van der Waals surface area contributed by atoms with Gasteiger partial charge in [0.15, 0.2) is 11.5 Å². The molecule has 0 saturated heterocycles. The van der Waals surface area contributed by atoms with E-state index in [2.05, 4.69) is 0 Å². The molecule has 4 nitrogen and oxygen atoms in total. The number of carbonyl (C=O) groups is 2. The average molecular weight is 312 g/mol. The van der Waals surface area contributed by atoms with E-state index in [0.29, 0.717) is 16.9 Å². The molecule has 1 aromatic carbocycles. The third-order valence-electron chi connectivity index (χ3n) is 5.12. The van der Waals surface area contributed by atoms with E-state index in [1.807, 2.05) is 19.9 Å². The summed E-state index contributed by atoms with van der Waals surface area (Å²) in [6.45, 7) is 7.26. The summed E-state index contributed by atoms with van der Waals surface area (Å²) < 4.78 is 5.39. The van der Waals surface area contributed by atoms with Gasteiger partial charge in [-0.2, -0.15) is 0 Å². The maximum atomic E-state index is 12.7. The van der Waals surface area contributed by atoms with Crippen LogP contribution in [0, 0.1) is 12.3 Å². The summed E-state index contributed by atoms with van der Waals surface area (Å²) in [5.74, 6) is -0.185. The average Bonchev–Trinajstić information content (AvgIpc) is 2.49. The number of allylic oxidation sites excluding steroid dienone is 4. The zero-order valence-electron chi connectivity index (χ0n) is 14.0. The molecule has 0 saturated carbocycles. The second-order valence-electron chi connectivity index (χ2n) is 6.95. The van der Waals surface area contributed by atoms with Gasteiger partial charge in [0.1, 0.15) is 5.75 Å². The molecule has 1 unspecified atom stereocenters. The number of fused-ring (bicyclic) bond motifs is 3. The van der Waals surface area contributed by atoms with Crippen molar-refractivity contribution >= 4 is 11.6 Å². The number of ketones is 2. The van der Waals surface area contributed by atoms with Gasteiger partial charge >= 0.3 is 0 Å². The number of benzene rings is 1. The fourth-order valence-corrected chi connectivity index (χ4v) is 3.84. The molecule has 1 atom stereocenters. The van der Waals surface area contributed by atoms with Crippen molar-refractivity contribution in [3.8, 4) is 5.75 Å². The van der Waals surface area contributed by atoms with E-state index in [0.717, 1.165) is 11.1 Å². The minimum absolute atomic E-state index is 0.119. The molecule has 0 spiro atoms. The van der Waals surface area contributed by atoms with Gasteiger partial charge in [-0.25, -0.2) is 0 Å². The molecule has 120 valence electrons. The van der Waals surface area contributed by atoms with Crippen molar-refractivity contribution in [2.75, 3.05) is 7.11 Å². The highest BCUT2D eigenvalue weighted by atomic mass is 16.5. The normalized spacial score (nSPS) is 25.3. The standard InChI is InChI=1S/C19H20O4/c1-10-8-11-12(9-13(10)23-5)19(4)7-6-14(20)18(2,3)17(19)16(22)15(11)21/h6-9,22H,1-5H3. The van der Waals surface area contributed by atoms with Crippen molar-refractivity contribution in [2.24, 2.45) is 5.41 Å². The van der Waals surface area contributed by atoms with Crippen LogP contribution in [0.15, 0.2) is 35.6 Å². The van der Waals surface area contributed by atoms with Crippen molar-refractivity contribution in [1.29, 1.82) is 0 Å². The lowest BCUT2D eigenvalue weighted by atomic mass is 9.57. The molecule has 0 amide bonds. The van der Waals surface area contributed by atoms with Crippen LogP contribution in [0.3, 0.4) is 0 Å². The number of aliphatic hydroxyl groups is 1. The Kier molecular flexibility index (Phi) is 3.09. The van der Waals surface area contributed by atoms with Crippen molar-refractivity contribution in [3.05, 3.63) is 52.3 Å². The summed E-state index contributed by atoms with van der Waals surface area (Å²) >= 11 is 0. The van der Waals surface area contributed by atoms with Crippen molar-refractivity contribution in [1.82, 2.24) is 0 Å². The number of aliphatic hydroxyl groups excluding tert-OH is 1. The Bertz CT molecular complexity index is 811. The SMILES string of the molecule is COc1cc2c(cc1C)C(=O)C(O)=C1C(C)(C)C(=O)C=CC12C. The number of aryl methyl sites for hydroxylation is 1. The van der Waals surface area contributed by atoms with Crippen molar-refractivity contribution in [2.45, 2.75) is 33.1 Å². The molecule has 2 aliphatic rings. The van der Waals surface area contributed by atoms with Crippen LogP contribution in [0.1, 0.15) is 42.3 Å². The minimum Gasteiger partial charge on any atom is -0.504 e. The molecule has 0 heterocycles. The fraction of sp³-hybridized carbons (Fsp3) is 0.368. The first-order chi connectivity index (χ1) is 10.6. The molecular formula is C19H20O4. The van der Waals surface area contributed by atoms with Crippen molar-refractivity contribution in [3.63, 3.8) is 0 Å². The molecule has 2 aliphatic carbocycles. The van der Waals surface area contributed by atoms with Crippen LogP contribution < -0.4 is 4.74 Å². The molecular weight excluding hydrogens is 292 g/mol. The molecule has 0 bridgehead atoms. The minimum atomic E-state index is -0.931. The van der Waals surface area contributed by atoms with Crippen LogP contribution in [0.4, 0.5) is 0 Å². The highest BCUT2D eigenvalue weighted by molar-refractivity contribution is 6.13. The van der Waals surface area contributed by atoms with Gasteiger partial charge in [-0.1, -0.05) is 6.08 Å². The van der Waals surface area contributed by atoms with Crippen LogP contribution in [-0.4, -0.2) is 23.8 Å². The first kappa shape index (κ1) is 15.5. The number of ether oxygens (including phenoxy) is 1. The molecule has 1 aromatic rings. The summed E-state index contributed by atoms with van der Waals surface area (Å²) in [6, 6.07) is 3.58. The third-order valence-corrected chi connectivity index (χ3v) is 5.12. The molecule has 0 aliphatic heterocycles. The predicted octanol–water partition coefficient (Wildman–Crippen LogP) is 3.43. The van der Waals surface area contributed by atoms with Gasteiger partial charge in [0.05, 0.1) is 12.5 Å². The fourth-order valence-electron chi connectivity index (χ4n) is 3.84. The highest BCUT2D eigenvalue weighted by Gasteiger charge is 2.51. The summed E-state index contributed by atoms with van der Waals surface area (Å²) in [5.41, 5.74) is 0.858. The van der Waals surface area contributed by atoms with Crippen molar-refractivity contribution < 1.29 is 19.4 Å². The van der Waals surface area contributed by atoms with Crippen LogP contribution >= 0.6 is 0 Å². The Morgan fingerprint density at radius 1 is 1.13 bits per heavy atom. The lowest BCUT2D eigenvalue weighted by Gasteiger charge is -2.44. The molecule has 1 N–H and O–H groups in total. The summed E-state index contributed by atoms with van der Waals surface area (Å²) in [7, 11) is 1.58. The molecule has 0 aromatic heterocycles. The Hall–Kier alpha value is -2.36. The molecule has 0 radical (unpaired) electrons. The van der Waals surface area contributed by atoms with E-state index >= 15 is 0 Å². The van der Waals surface area contributed by atoms with E-state index < -0.39 is 16.6 Å². The summed E-state index contributed by atoms with van der Waals surface area (Å²) in [4.78, 5) is 25.0. The maximum Gasteiger partial charge on any atom is 0.227 e. The quantitative estimate of drug-likeness (QED) is 0.863. The molecule has 3 rings (SSSR count). The number of rotatable bonds is 1. The molecule has 0 fully saturated rings. The lowest BCUT2D eigenvalue weighted by molar-refractivity contribution is -0.121. The smallest absolute Gasteiger partial charge is 0.227 e. The van der Waals surface area contributed by atoms with E-state index in [-0.39, 0.29) is 11.5 Å². The zero-order valence-corrected chi connectivity index (χ0v) is 14.0. The van der Waals surface area contributed by atoms with Gasteiger partial charge < -0.3 is 9.84 Å². The monoisotopic (exact) mass is 312 g/mol. The first-order valence-electron chi connectivity index (χ1n) is 7.56. The van der Waals surface area contributed by atoms with Gasteiger partial charge in [-0.3, -0.25) is 9.59 Å². The van der Waals surface area contributed by atoms with E-state index in [1.54, 1.807) is 39.2 Å². The van der Waals surface area contributed by atoms with Gasteiger partial charge in [0, 0.05) is 16.6 Å². The Morgan fingerprint density at radius 3 is 2.39 bits per heavy atom.